The molecule has 0 fully saturated rings. The lowest BCUT2D eigenvalue weighted by Gasteiger charge is -2.13. The molecule has 7 heteroatoms. The molecule has 29 heavy (non-hydrogen) atoms. The molecule has 2 aromatic heterocycles. The van der Waals surface area contributed by atoms with Crippen molar-refractivity contribution in [2.45, 2.75) is 25.8 Å². The summed E-state index contributed by atoms with van der Waals surface area (Å²) < 4.78 is 5.85. The number of halogens is 1. The number of amides is 1. The van der Waals surface area contributed by atoms with Crippen molar-refractivity contribution in [3.8, 4) is 0 Å². The summed E-state index contributed by atoms with van der Waals surface area (Å²) in [6.45, 7) is 1.93. The number of nitrogens with zero attached hydrogens (tertiary/aromatic N) is 3. The van der Waals surface area contributed by atoms with Gasteiger partial charge in [0.25, 0.3) is 5.91 Å². The van der Waals surface area contributed by atoms with Crippen LogP contribution in [0.2, 0.25) is 5.02 Å². The number of hydrogen-bond donors (Lipinski definition) is 1. The van der Waals surface area contributed by atoms with Gasteiger partial charge in [-0.1, -0.05) is 23.7 Å². The molecule has 0 aliphatic heterocycles. The van der Waals surface area contributed by atoms with E-state index in [1.165, 1.54) is 0 Å². The average molecular weight is 407 g/mol. The first-order valence-electron chi connectivity index (χ1n) is 9.26. The van der Waals surface area contributed by atoms with Crippen LogP contribution >= 0.6 is 11.6 Å². The van der Waals surface area contributed by atoms with Crippen molar-refractivity contribution < 1.29 is 9.21 Å². The average Bonchev–Trinajstić information content (AvgIpc) is 3.10. The second-order valence-electron chi connectivity index (χ2n) is 6.87. The number of carbonyl (C=O) groups excluding carboxylic acids is 1. The van der Waals surface area contributed by atoms with Crippen LogP contribution in [0.4, 0.5) is 0 Å². The minimum atomic E-state index is -0.170. The number of oxazole rings is 1. The first-order valence-corrected chi connectivity index (χ1v) is 9.64. The second-order valence-corrected chi connectivity index (χ2v) is 7.31. The summed E-state index contributed by atoms with van der Waals surface area (Å²) in [6, 6.07) is 12.8. The Balaban J connectivity index is 1.46. The molecule has 0 aliphatic rings. The molecule has 1 amide bonds. The summed E-state index contributed by atoms with van der Waals surface area (Å²) in [5, 5.41) is 3.65. The van der Waals surface area contributed by atoms with Crippen LogP contribution in [-0.2, 0) is 12.8 Å². The number of fused-ring (bicyclic) bond motifs is 1. The smallest absolute Gasteiger partial charge is 0.251 e. The molecule has 0 saturated heterocycles. The number of carbonyl (C=O) groups is 1. The maximum atomic E-state index is 12.6. The zero-order valence-electron chi connectivity index (χ0n) is 15.8. The van der Waals surface area contributed by atoms with Gasteiger partial charge in [-0.25, -0.2) is 4.98 Å². The van der Waals surface area contributed by atoms with Crippen molar-refractivity contribution in [3.63, 3.8) is 0 Å². The normalized spacial score (nSPS) is 12.1. The van der Waals surface area contributed by atoms with Crippen molar-refractivity contribution >= 4 is 28.6 Å². The van der Waals surface area contributed by atoms with Gasteiger partial charge in [-0.15, -0.1) is 0 Å². The third-order valence-electron chi connectivity index (χ3n) is 4.45. The Morgan fingerprint density at radius 2 is 2.10 bits per heavy atom. The number of rotatable bonds is 6. The molecule has 1 atom stereocenters. The third kappa shape index (κ3) is 4.78. The Morgan fingerprint density at radius 1 is 1.21 bits per heavy atom. The van der Waals surface area contributed by atoms with E-state index in [0.717, 1.165) is 11.3 Å². The van der Waals surface area contributed by atoms with Gasteiger partial charge in [-0.3, -0.25) is 14.8 Å². The van der Waals surface area contributed by atoms with Crippen LogP contribution in [0.5, 0.6) is 0 Å². The molecule has 2 heterocycles. The monoisotopic (exact) mass is 406 g/mol. The molecular weight excluding hydrogens is 388 g/mol. The van der Waals surface area contributed by atoms with Crippen molar-refractivity contribution in [2.24, 2.45) is 0 Å². The van der Waals surface area contributed by atoms with Crippen molar-refractivity contribution in [2.75, 3.05) is 0 Å². The first kappa shape index (κ1) is 19.1. The van der Waals surface area contributed by atoms with Gasteiger partial charge in [-0.2, -0.15) is 0 Å². The van der Waals surface area contributed by atoms with E-state index in [1.54, 1.807) is 36.8 Å². The maximum Gasteiger partial charge on any atom is 0.251 e. The number of nitrogens with one attached hydrogen (secondary N) is 1. The van der Waals surface area contributed by atoms with E-state index in [9.17, 15) is 4.79 Å². The van der Waals surface area contributed by atoms with Crippen molar-refractivity contribution in [1.82, 2.24) is 20.3 Å². The van der Waals surface area contributed by atoms with E-state index >= 15 is 0 Å². The molecule has 4 aromatic rings. The molecule has 4 rings (SSSR count). The van der Waals surface area contributed by atoms with Gasteiger partial charge in [-0.05, 0) is 42.8 Å². The lowest BCUT2D eigenvalue weighted by molar-refractivity contribution is 0.0940. The lowest BCUT2D eigenvalue weighted by atomic mass is 10.1. The highest BCUT2D eigenvalue weighted by Gasteiger charge is 2.14. The summed E-state index contributed by atoms with van der Waals surface area (Å²) in [4.78, 5) is 25.4. The van der Waals surface area contributed by atoms with Gasteiger partial charge >= 0.3 is 0 Å². The Hall–Kier alpha value is -3.25. The number of benzene rings is 2. The minimum absolute atomic E-state index is 0.0805. The lowest BCUT2D eigenvalue weighted by Crippen LogP contribution is -2.34. The first-order chi connectivity index (χ1) is 14.1. The highest BCUT2D eigenvalue weighted by Crippen LogP contribution is 2.21. The van der Waals surface area contributed by atoms with Crippen LogP contribution in [0.15, 0.2) is 65.5 Å². The molecular formula is C22H19ClN4O2. The Labute approximate surface area is 173 Å². The largest absolute Gasteiger partial charge is 0.440 e. The van der Waals surface area contributed by atoms with Crippen LogP contribution in [0, 0.1) is 0 Å². The predicted octanol–water partition coefficient (Wildman–Crippen LogP) is 4.22. The fourth-order valence-electron chi connectivity index (χ4n) is 3.12. The van der Waals surface area contributed by atoms with Crippen LogP contribution < -0.4 is 5.32 Å². The van der Waals surface area contributed by atoms with E-state index in [2.05, 4.69) is 20.3 Å². The van der Waals surface area contributed by atoms with Gasteiger partial charge in [0.05, 0.1) is 5.69 Å². The molecule has 0 aliphatic carbocycles. The van der Waals surface area contributed by atoms with Crippen LogP contribution in [-0.4, -0.2) is 26.9 Å². The van der Waals surface area contributed by atoms with Crippen LogP contribution in [0.3, 0.4) is 0 Å². The van der Waals surface area contributed by atoms with E-state index in [1.807, 2.05) is 31.2 Å². The zero-order chi connectivity index (χ0) is 20.2. The standard InChI is InChI=1S/C22H19ClN4O2/c1-14(9-18-13-24-7-8-25-18)26-22(28)16-5-6-19-20(12-16)29-21(27-19)11-15-3-2-4-17(23)10-15/h2-8,10,12-14H,9,11H2,1H3,(H,26,28)/t14-/m0/s1. The molecule has 0 bridgehead atoms. The maximum absolute atomic E-state index is 12.6. The molecule has 0 spiro atoms. The molecule has 0 saturated carbocycles. The van der Waals surface area contributed by atoms with Crippen molar-refractivity contribution in [1.29, 1.82) is 0 Å². The molecule has 6 nitrogen and oxygen atoms in total. The van der Waals surface area contributed by atoms with E-state index in [0.29, 0.717) is 40.4 Å². The van der Waals surface area contributed by atoms with Gasteiger partial charge < -0.3 is 9.73 Å². The van der Waals surface area contributed by atoms with Crippen LogP contribution in [0.1, 0.15) is 34.4 Å². The molecule has 2 aromatic carbocycles. The van der Waals surface area contributed by atoms with E-state index in [4.69, 9.17) is 16.0 Å². The predicted molar refractivity (Wildman–Crippen MR) is 111 cm³/mol. The highest BCUT2D eigenvalue weighted by molar-refractivity contribution is 6.30. The quantitative estimate of drug-likeness (QED) is 0.518. The second kappa shape index (κ2) is 8.41. The van der Waals surface area contributed by atoms with Crippen molar-refractivity contribution in [3.05, 3.63) is 88.8 Å². The van der Waals surface area contributed by atoms with E-state index in [-0.39, 0.29) is 11.9 Å². The third-order valence-corrected chi connectivity index (χ3v) is 4.68. The minimum Gasteiger partial charge on any atom is -0.440 e. The Kier molecular flexibility index (Phi) is 5.53. The van der Waals surface area contributed by atoms with Gasteiger partial charge in [0, 0.05) is 48.1 Å². The summed E-state index contributed by atoms with van der Waals surface area (Å²) >= 11 is 6.04. The van der Waals surface area contributed by atoms with Gasteiger partial charge in [0.15, 0.2) is 11.5 Å². The fraction of sp³-hybridized carbons (Fsp3) is 0.182. The fourth-order valence-corrected chi connectivity index (χ4v) is 3.33. The molecule has 0 unspecified atom stereocenters. The SMILES string of the molecule is C[C@@H](Cc1cnccn1)NC(=O)c1ccc2nc(Cc3cccc(Cl)c3)oc2c1. The number of aromatic nitrogens is 3. The molecule has 1 N–H and O–H groups in total. The summed E-state index contributed by atoms with van der Waals surface area (Å²) in [5.41, 5.74) is 3.66. The zero-order valence-corrected chi connectivity index (χ0v) is 16.6. The Bertz CT molecular complexity index is 1140. The van der Waals surface area contributed by atoms with Gasteiger partial charge in [0.2, 0.25) is 0 Å². The summed E-state index contributed by atoms with van der Waals surface area (Å²) in [6.07, 6.45) is 6.10. The topological polar surface area (TPSA) is 80.9 Å². The number of hydrogen-bond acceptors (Lipinski definition) is 5. The molecule has 0 radical (unpaired) electrons. The molecule has 146 valence electrons. The van der Waals surface area contributed by atoms with E-state index < -0.39 is 0 Å². The van der Waals surface area contributed by atoms with Gasteiger partial charge in [0.1, 0.15) is 5.52 Å². The highest BCUT2D eigenvalue weighted by atomic mass is 35.5. The summed E-state index contributed by atoms with van der Waals surface area (Å²) in [7, 11) is 0. The Morgan fingerprint density at radius 3 is 2.90 bits per heavy atom. The summed E-state index contributed by atoms with van der Waals surface area (Å²) in [5.74, 6) is 0.409. The van der Waals surface area contributed by atoms with Crippen LogP contribution in [0.25, 0.3) is 11.1 Å².